The van der Waals surface area contributed by atoms with Gasteiger partial charge in [-0.05, 0) is 25.1 Å². The van der Waals surface area contributed by atoms with Crippen molar-refractivity contribution in [1.29, 1.82) is 0 Å². The zero-order valence-electron chi connectivity index (χ0n) is 8.77. The van der Waals surface area contributed by atoms with Gasteiger partial charge in [0.1, 0.15) is 11.5 Å². The van der Waals surface area contributed by atoms with Crippen molar-refractivity contribution in [1.82, 2.24) is 5.32 Å². The summed E-state index contributed by atoms with van der Waals surface area (Å²) >= 11 is 0. The normalized spacial score (nSPS) is 15.4. The second-order valence-corrected chi connectivity index (χ2v) is 3.57. The van der Waals surface area contributed by atoms with Crippen molar-refractivity contribution < 1.29 is 14.6 Å². The Hall–Kier alpha value is -1.81. The fourth-order valence-corrected chi connectivity index (χ4v) is 1.53. The lowest BCUT2D eigenvalue weighted by atomic mass is 10.1. The van der Waals surface area contributed by atoms with E-state index < -0.39 is 0 Å². The highest BCUT2D eigenvalue weighted by Crippen LogP contribution is 2.19. The predicted molar refractivity (Wildman–Crippen MR) is 59.3 cm³/mol. The first kappa shape index (κ1) is 10.7. The zero-order valence-corrected chi connectivity index (χ0v) is 8.77. The highest BCUT2D eigenvalue weighted by molar-refractivity contribution is 5.90. The van der Waals surface area contributed by atoms with Crippen molar-refractivity contribution in [3.8, 4) is 11.5 Å². The number of carbonyl (C=O) groups is 1. The Balaban J connectivity index is 2.04. The number of aromatic hydroxyl groups is 1. The molecule has 0 unspecified atom stereocenters. The van der Waals surface area contributed by atoms with Crippen LogP contribution in [0.5, 0.6) is 11.5 Å². The minimum absolute atomic E-state index is 0.0876. The Bertz CT molecular complexity index is 426. The van der Waals surface area contributed by atoms with Gasteiger partial charge < -0.3 is 15.2 Å². The molecule has 1 aliphatic rings. The van der Waals surface area contributed by atoms with Crippen molar-refractivity contribution >= 4 is 5.97 Å². The van der Waals surface area contributed by atoms with E-state index in [-0.39, 0.29) is 11.7 Å². The van der Waals surface area contributed by atoms with Gasteiger partial charge in [0, 0.05) is 18.2 Å². The van der Waals surface area contributed by atoms with Gasteiger partial charge in [0.15, 0.2) is 0 Å². The average Bonchev–Trinajstić information content (AvgIpc) is 2.30. The Labute approximate surface area is 93.5 Å². The SMILES string of the molecule is O=C(Oc1cccc(O)c1)C1=CCNCC1. The van der Waals surface area contributed by atoms with Crippen LogP contribution in [-0.4, -0.2) is 24.2 Å². The van der Waals surface area contributed by atoms with Crippen molar-refractivity contribution in [2.75, 3.05) is 13.1 Å². The van der Waals surface area contributed by atoms with Gasteiger partial charge in [-0.3, -0.25) is 0 Å². The van der Waals surface area contributed by atoms with Crippen LogP contribution in [0.1, 0.15) is 6.42 Å². The van der Waals surface area contributed by atoms with Crippen LogP contribution in [0.3, 0.4) is 0 Å². The van der Waals surface area contributed by atoms with Gasteiger partial charge in [-0.15, -0.1) is 0 Å². The third kappa shape index (κ3) is 2.61. The van der Waals surface area contributed by atoms with Crippen LogP contribution < -0.4 is 10.1 Å². The van der Waals surface area contributed by atoms with Crippen LogP contribution >= 0.6 is 0 Å². The van der Waals surface area contributed by atoms with E-state index in [2.05, 4.69) is 5.32 Å². The van der Waals surface area contributed by atoms with Crippen LogP contribution in [0.15, 0.2) is 35.9 Å². The first-order valence-corrected chi connectivity index (χ1v) is 5.16. The number of esters is 1. The number of hydrogen-bond acceptors (Lipinski definition) is 4. The fourth-order valence-electron chi connectivity index (χ4n) is 1.53. The summed E-state index contributed by atoms with van der Waals surface area (Å²) in [5.41, 5.74) is 0.682. The fraction of sp³-hybridized carbons (Fsp3) is 0.250. The minimum Gasteiger partial charge on any atom is -0.508 e. The van der Waals surface area contributed by atoms with Crippen molar-refractivity contribution in [3.63, 3.8) is 0 Å². The number of nitrogens with one attached hydrogen (secondary N) is 1. The summed E-state index contributed by atoms with van der Waals surface area (Å²) in [6.45, 7) is 1.49. The van der Waals surface area contributed by atoms with E-state index in [4.69, 9.17) is 4.74 Å². The number of hydrogen-bond donors (Lipinski definition) is 2. The third-order valence-electron chi connectivity index (χ3n) is 2.35. The van der Waals surface area contributed by atoms with E-state index in [1.807, 2.05) is 6.08 Å². The molecule has 0 amide bonds. The number of benzene rings is 1. The maximum Gasteiger partial charge on any atom is 0.339 e. The molecule has 2 rings (SSSR count). The molecule has 1 heterocycles. The van der Waals surface area contributed by atoms with E-state index in [1.54, 1.807) is 12.1 Å². The molecule has 0 saturated carbocycles. The molecule has 0 atom stereocenters. The molecule has 4 heteroatoms. The first-order chi connectivity index (χ1) is 7.75. The molecule has 1 aromatic carbocycles. The molecule has 1 aromatic rings. The summed E-state index contributed by atoms with van der Waals surface area (Å²) in [6, 6.07) is 6.22. The van der Waals surface area contributed by atoms with E-state index in [0.29, 0.717) is 24.3 Å². The molecule has 0 radical (unpaired) electrons. The minimum atomic E-state index is -0.341. The van der Waals surface area contributed by atoms with E-state index in [9.17, 15) is 9.90 Å². The van der Waals surface area contributed by atoms with Gasteiger partial charge in [0.2, 0.25) is 0 Å². The van der Waals surface area contributed by atoms with Crippen molar-refractivity contribution in [3.05, 3.63) is 35.9 Å². The zero-order chi connectivity index (χ0) is 11.4. The summed E-state index contributed by atoms with van der Waals surface area (Å²) in [6.07, 6.45) is 2.51. The highest BCUT2D eigenvalue weighted by atomic mass is 16.5. The van der Waals surface area contributed by atoms with Crippen LogP contribution in [0.4, 0.5) is 0 Å². The number of carbonyl (C=O) groups excluding carboxylic acids is 1. The standard InChI is InChI=1S/C12H13NO3/c14-10-2-1-3-11(8-10)16-12(15)9-4-6-13-7-5-9/h1-4,8,13-14H,5-7H2. The number of phenols is 1. The largest absolute Gasteiger partial charge is 0.508 e. The molecule has 0 aromatic heterocycles. The topological polar surface area (TPSA) is 58.6 Å². The lowest BCUT2D eigenvalue weighted by Gasteiger charge is -2.12. The third-order valence-corrected chi connectivity index (χ3v) is 2.35. The second kappa shape index (κ2) is 4.81. The summed E-state index contributed by atoms with van der Waals surface area (Å²) < 4.78 is 5.14. The number of rotatable bonds is 2. The molecule has 1 aliphatic heterocycles. The van der Waals surface area contributed by atoms with Gasteiger partial charge >= 0.3 is 5.97 Å². The van der Waals surface area contributed by atoms with E-state index in [1.165, 1.54) is 12.1 Å². The molecule has 0 bridgehead atoms. The van der Waals surface area contributed by atoms with Crippen LogP contribution in [0.2, 0.25) is 0 Å². The summed E-state index contributed by atoms with van der Waals surface area (Å²) in [5, 5.41) is 12.3. The Morgan fingerprint density at radius 3 is 3.00 bits per heavy atom. The van der Waals surface area contributed by atoms with Gasteiger partial charge in [-0.1, -0.05) is 12.1 Å². The molecular formula is C12H13NO3. The molecule has 4 nitrogen and oxygen atoms in total. The Morgan fingerprint density at radius 2 is 2.31 bits per heavy atom. The quantitative estimate of drug-likeness (QED) is 0.580. The maximum absolute atomic E-state index is 11.7. The molecule has 84 valence electrons. The predicted octanol–water partition coefficient (Wildman–Crippen LogP) is 1.22. The van der Waals surface area contributed by atoms with E-state index in [0.717, 1.165) is 6.54 Å². The average molecular weight is 219 g/mol. The lowest BCUT2D eigenvalue weighted by Crippen LogP contribution is -2.25. The monoisotopic (exact) mass is 219 g/mol. The van der Waals surface area contributed by atoms with Gasteiger partial charge in [-0.2, -0.15) is 0 Å². The maximum atomic E-state index is 11.7. The molecule has 16 heavy (non-hydrogen) atoms. The van der Waals surface area contributed by atoms with Crippen LogP contribution in [-0.2, 0) is 4.79 Å². The van der Waals surface area contributed by atoms with Crippen molar-refractivity contribution in [2.45, 2.75) is 6.42 Å². The second-order valence-electron chi connectivity index (χ2n) is 3.57. The highest BCUT2D eigenvalue weighted by Gasteiger charge is 2.14. The molecular weight excluding hydrogens is 206 g/mol. The molecule has 0 aliphatic carbocycles. The first-order valence-electron chi connectivity index (χ1n) is 5.16. The van der Waals surface area contributed by atoms with Crippen molar-refractivity contribution in [2.24, 2.45) is 0 Å². The van der Waals surface area contributed by atoms with Crippen LogP contribution in [0.25, 0.3) is 0 Å². The van der Waals surface area contributed by atoms with Gasteiger partial charge in [-0.25, -0.2) is 4.79 Å². The van der Waals surface area contributed by atoms with Gasteiger partial charge in [0.05, 0.1) is 0 Å². The summed E-state index contributed by atoms with van der Waals surface area (Å²) in [5.74, 6) is 0.112. The summed E-state index contributed by atoms with van der Waals surface area (Å²) in [4.78, 5) is 11.7. The number of ether oxygens (including phenoxy) is 1. The Morgan fingerprint density at radius 1 is 1.44 bits per heavy atom. The molecule has 0 saturated heterocycles. The lowest BCUT2D eigenvalue weighted by molar-refractivity contribution is -0.130. The summed E-state index contributed by atoms with van der Waals surface area (Å²) in [7, 11) is 0. The molecule has 0 fully saturated rings. The van der Waals surface area contributed by atoms with Crippen LogP contribution in [0, 0.1) is 0 Å². The number of phenolic OH excluding ortho intramolecular Hbond substituents is 1. The van der Waals surface area contributed by atoms with E-state index >= 15 is 0 Å². The molecule has 2 N–H and O–H groups in total. The smallest absolute Gasteiger partial charge is 0.339 e. The Kier molecular flexibility index (Phi) is 3.22. The van der Waals surface area contributed by atoms with Gasteiger partial charge in [0.25, 0.3) is 0 Å². The molecule has 0 spiro atoms.